The Bertz CT molecular complexity index is 252. The lowest BCUT2D eigenvalue weighted by atomic mass is 10.1. The maximum Gasteiger partial charge on any atom is 0.233 e. The Labute approximate surface area is 99.3 Å². The Morgan fingerprint density at radius 2 is 1.94 bits per heavy atom. The SMILES string of the molecule is CO[PH](=O)CC[C@@H](O)[C@@H](O)[C@@H](O)CN(O)C=O. The fraction of sp³-hybridized carbons (Fsp3) is 0.875. The van der Waals surface area contributed by atoms with Gasteiger partial charge >= 0.3 is 0 Å². The lowest BCUT2D eigenvalue weighted by Gasteiger charge is -2.24. The van der Waals surface area contributed by atoms with Crippen LogP contribution in [0.15, 0.2) is 0 Å². The molecule has 1 amide bonds. The van der Waals surface area contributed by atoms with Crippen molar-refractivity contribution in [3.05, 3.63) is 0 Å². The molecule has 0 saturated carbocycles. The first-order chi connectivity index (χ1) is 7.92. The van der Waals surface area contributed by atoms with Crippen molar-refractivity contribution >= 4 is 14.4 Å². The molecule has 1 unspecified atom stereocenters. The molecule has 0 aromatic carbocycles. The summed E-state index contributed by atoms with van der Waals surface area (Å²) in [5.74, 6) is 0. The second kappa shape index (κ2) is 8.57. The third-order valence-electron chi connectivity index (χ3n) is 2.16. The van der Waals surface area contributed by atoms with E-state index in [-0.39, 0.29) is 24.1 Å². The van der Waals surface area contributed by atoms with Crippen LogP contribution in [0.4, 0.5) is 0 Å². The van der Waals surface area contributed by atoms with E-state index < -0.39 is 32.9 Å². The number of amides is 1. The molecule has 0 aliphatic rings. The number of aliphatic hydroxyl groups is 3. The zero-order valence-corrected chi connectivity index (χ0v) is 10.4. The van der Waals surface area contributed by atoms with E-state index in [1.54, 1.807) is 0 Å². The van der Waals surface area contributed by atoms with Crippen molar-refractivity contribution in [2.45, 2.75) is 24.7 Å². The molecule has 4 N–H and O–H groups in total. The minimum atomic E-state index is -2.23. The summed E-state index contributed by atoms with van der Waals surface area (Å²) in [5.41, 5.74) is 0. The van der Waals surface area contributed by atoms with E-state index >= 15 is 0 Å². The first-order valence-corrected chi connectivity index (χ1v) is 6.46. The Hall–Kier alpha value is -0.500. The number of nitrogens with zero attached hydrogens (tertiary/aromatic N) is 1. The van der Waals surface area contributed by atoms with Gasteiger partial charge in [0.05, 0.1) is 12.6 Å². The first-order valence-electron chi connectivity index (χ1n) is 4.94. The van der Waals surface area contributed by atoms with Gasteiger partial charge in [-0.1, -0.05) is 0 Å². The van der Waals surface area contributed by atoms with Crippen LogP contribution in [0, 0.1) is 0 Å². The summed E-state index contributed by atoms with van der Waals surface area (Å²) in [4.78, 5) is 10.1. The Morgan fingerprint density at radius 1 is 1.35 bits per heavy atom. The van der Waals surface area contributed by atoms with Crippen LogP contribution in [-0.4, -0.2) is 70.1 Å². The fourth-order valence-corrected chi connectivity index (χ4v) is 1.87. The highest BCUT2D eigenvalue weighted by Crippen LogP contribution is 2.22. The largest absolute Gasteiger partial charge is 0.390 e. The Morgan fingerprint density at radius 3 is 2.41 bits per heavy atom. The van der Waals surface area contributed by atoms with E-state index in [4.69, 9.17) is 5.21 Å². The van der Waals surface area contributed by atoms with Crippen LogP contribution in [0.25, 0.3) is 0 Å². The Balaban J connectivity index is 4.05. The molecule has 0 aliphatic heterocycles. The van der Waals surface area contributed by atoms with Crippen molar-refractivity contribution in [2.75, 3.05) is 19.8 Å². The highest BCUT2D eigenvalue weighted by Gasteiger charge is 2.26. The summed E-state index contributed by atoms with van der Waals surface area (Å²) in [7, 11) is -0.958. The molecule has 0 rings (SSSR count). The van der Waals surface area contributed by atoms with Crippen LogP contribution in [0.5, 0.6) is 0 Å². The molecule has 0 spiro atoms. The number of aliphatic hydroxyl groups excluding tert-OH is 3. The number of hydrogen-bond donors (Lipinski definition) is 4. The van der Waals surface area contributed by atoms with Gasteiger partial charge in [0, 0.05) is 13.3 Å². The predicted molar refractivity (Wildman–Crippen MR) is 58.1 cm³/mol. The second-order valence-corrected chi connectivity index (χ2v) is 5.12. The van der Waals surface area contributed by atoms with Crippen molar-refractivity contribution in [1.29, 1.82) is 0 Å². The van der Waals surface area contributed by atoms with Gasteiger partial charge in [-0.3, -0.25) is 14.6 Å². The smallest absolute Gasteiger partial charge is 0.233 e. The average molecular weight is 271 g/mol. The van der Waals surface area contributed by atoms with Crippen molar-refractivity contribution in [2.24, 2.45) is 0 Å². The number of carbonyl (C=O) groups excluding carboxylic acids is 1. The lowest BCUT2D eigenvalue weighted by Crippen LogP contribution is -2.43. The van der Waals surface area contributed by atoms with E-state index in [0.717, 1.165) is 0 Å². The average Bonchev–Trinajstić information content (AvgIpc) is 2.33. The molecule has 0 saturated heterocycles. The maximum absolute atomic E-state index is 10.9. The predicted octanol–water partition coefficient (Wildman–Crippen LogP) is -1.57. The number of carbonyl (C=O) groups is 1. The quantitative estimate of drug-likeness (QED) is 0.172. The molecule has 0 bridgehead atoms. The monoisotopic (exact) mass is 271 g/mol. The van der Waals surface area contributed by atoms with Crippen LogP contribution >= 0.6 is 8.03 Å². The second-order valence-electron chi connectivity index (χ2n) is 3.47. The topological polar surface area (TPSA) is 128 Å². The third kappa shape index (κ3) is 6.72. The van der Waals surface area contributed by atoms with E-state index in [1.165, 1.54) is 7.11 Å². The molecule has 0 fully saturated rings. The van der Waals surface area contributed by atoms with E-state index in [2.05, 4.69) is 4.52 Å². The molecule has 0 aromatic heterocycles. The van der Waals surface area contributed by atoms with Gasteiger partial charge in [-0.05, 0) is 6.42 Å². The molecular formula is C8H18NO7P. The zero-order chi connectivity index (χ0) is 13.4. The number of rotatable bonds is 9. The molecule has 17 heavy (non-hydrogen) atoms. The van der Waals surface area contributed by atoms with Gasteiger partial charge in [-0.25, -0.2) is 5.06 Å². The lowest BCUT2D eigenvalue weighted by molar-refractivity contribution is -0.163. The van der Waals surface area contributed by atoms with E-state index in [1.807, 2.05) is 0 Å². The third-order valence-corrected chi connectivity index (χ3v) is 3.31. The molecule has 102 valence electrons. The molecule has 4 atom stereocenters. The summed E-state index contributed by atoms with van der Waals surface area (Å²) in [6.45, 7) is -0.527. The summed E-state index contributed by atoms with van der Waals surface area (Å²) < 4.78 is 15.5. The first kappa shape index (κ1) is 16.5. The van der Waals surface area contributed by atoms with Gasteiger partial charge in [0.2, 0.25) is 6.41 Å². The van der Waals surface area contributed by atoms with Crippen molar-refractivity contribution < 1.29 is 34.4 Å². The maximum atomic E-state index is 10.9. The van der Waals surface area contributed by atoms with Crippen LogP contribution in [0.1, 0.15) is 6.42 Å². The summed E-state index contributed by atoms with van der Waals surface area (Å²) in [5, 5.41) is 37.1. The molecular weight excluding hydrogens is 253 g/mol. The van der Waals surface area contributed by atoms with Gasteiger partial charge in [0.15, 0.2) is 8.03 Å². The summed E-state index contributed by atoms with van der Waals surface area (Å²) in [6, 6.07) is 0. The van der Waals surface area contributed by atoms with Crippen LogP contribution in [0.2, 0.25) is 0 Å². The molecule has 0 aromatic rings. The standard InChI is InChI=1S/C8H18NO7P/c1-16-17(15)3-2-6(11)8(13)7(12)4-9(14)5-10/h5-8,11-14,17H,2-4H2,1H3/t6-,7+,8-/m1/s1. The van der Waals surface area contributed by atoms with Gasteiger partial charge in [-0.15, -0.1) is 0 Å². The van der Waals surface area contributed by atoms with Gasteiger partial charge in [0.1, 0.15) is 12.2 Å². The summed E-state index contributed by atoms with van der Waals surface area (Å²) in [6.07, 6.45) is -4.24. The van der Waals surface area contributed by atoms with Crippen molar-refractivity contribution in [3.8, 4) is 0 Å². The van der Waals surface area contributed by atoms with Crippen LogP contribution < -0.4 is 0 Å². The molecule has 0 heterocycles. The van der Waals surface area contributed by atoms with E-state index in [0.29, 0.717) is 0 Å². The van der Waals surface area contributed by atoms with Gasteiger partial charge in [0.25, 0.3) is 0 Å². The number of hydrogen-bond acceptors (Lipinski definition) is 7. The van der Waals surface area contributed by atoms with Crippen LogP contribution in [0.3, 0.4) is 0 Å². The fourth-order valence-electron chi connectivity index (χ4n) is 1.14. The minimum absolute atomic E-state index is 0.0175. The molecule has 8 nitrogen and oxygen atoms in total. The van der Waals surface area contributed by atoms with Gasteiger partial charge < -0.3 is 19.8 Å². The van der Waals surface area contributed by atoms with Crippen molar-refractivity contribution in [3.63, 3.8) is 0 Å². The van der Waals surface area contributed by atoms with Crippen LogP contribution in [-0.2, 0) is 13.9 Å². The zero-order valence-electron chi connectivity index (χ0n) is 9.39. The summed E-state index contributed by atoms with van der Waals surface area (Å²) >= 11 is 0. The molecule has 0 radical (unpaired) electrons. The van der Waals surface area contributed by atoms with E-state index in [9.17, 15) is 24.7 Å². The Kier molecular flexibility index (Phi) is 8.32. The molecule has 0 aliphatic carbocycles. The van der Waals surface area contributed by atoms with Crippen molar-refractivity contribution in [1.82, 2.24) is 5.06 Å². The normalized spacial score (nSPS) is 18.2. The van der Waals surface area contributed by atoms with Gasteiger partial charge in [-0.2, -0.15) is 0 Å². The molecule has 9 heteroatoms. The highest BCUT2D eigenvalue weighted by atomic mass is 31.1. The minimum Gasteiger partial charge on any atom is -0.390 e. The number of hydroxylamine groups is 2. The highest BCUT2D eigenvalue weighted by molar-refractivity contribution is 7.39.